The van der Waals surface area contributed by atoms with Crippen molar-refractivity contribution in [1.29, 1.82) is 0 Å². The number of rotatable bonds is 8. The molecular weight excluding hydrogens is 717 g/mol. The monoisotopic (exact) mass is 774 g/mol. The number of fused-ring (bicyclic) bond motifs is 3. The molecule has 2 N–H and O–H groups in total. The Kier molecular flexibility index (Phi) is 10.3. The normalized spacial score (nSPS) is 21.4. The predicted octanol–water partition coefficient (Wildman–Crippen LogP) is 8.11. The molecule has 3 aliphatic heterocycles. The van der Waals surface area contributed by atoms with E-state index in [0.717, 1.165) is 77.1 Å². The van der Waals surface area contributed by atoms with Gasteiger partial charge in [0, 0.05) is 60.8 Å². The Morgan fingerprint density at radius 3 is 2.40 bits per heavy atom. The molecule has 4 aliphatic rings. The summed E-state index contributed by atoms with van der Waals surface area (Å²) >= 11 is 0. The van der Waals surface area contributed by atoms with Gasteiger partial charge in [-0.2, -0.15) is 0 Å². The van der Waals surface area contributed by atoms with Crippen molar-refractivity contribution in [3.63, 3.8) is 0 Å². The van der Waals surface area contributed by atoms with Crippen molar-refractivity contribution < 1.29 is 19.1 Å². The second kappa shape index (κ2) is 15.1. The highest BCUT2D eigenvalue weighted by molar-refractivity contribution is 6.09. The van der Waals surface area contributed by atoms with Gasteiger partial charge >= 0.3 is 6.09 Å². The van der Waals surface area contributed by atoms with Gasteiger partial charge in [0.15, 0.2) is 5.82 Å². The van der Waals surface area contributed by atoms with E-state index in [9.17, 15) is 14.4 Å². The van der Waals surface area contributed by atoms with Gasteiger partial charge in [-0.05, 0) is 128 Å². The predicted molar refractivity (Wildman–Crippen MR) is 224 cm³/mol. The number of benzene rings is 2. The van der Waals surface area contributed by atoms with Crippen molar-refractivity contribution in [1.82, 2.24) is 29.7 Å². The SMILES string of the molecule is CC[C@H](C)n1cnc2cc(-c3ccc4c(c3)N([C@H]3C[C@@H](N5CCCCC5)C3)C(=O)C43CCN(C(=O)OC(C)(C)C)CC3)nc(Nc3ccc(C)c(C(=O)NC)c3)c21. The van der Waals surface area contributed by atoms with Crippen LogP contribution in [0, 0.1) is 6.92 Å². The first-order valence-corrected chi connectivity index (χ1v) is 21.0. The van der Waals surface area contributed by atoms with Crippen molar-refractivity contribution in [2.45, 2.75) is 122 Å². The Bertz CT molecular complexity index is 2190. The fourth-order valence-electron chi connectivity index (χ4n) is 9.39. The Morgan fingerprint density at radius 1 is 0.982 bits per heavy atom. The molecule has 0 radical (unpaired) electrons. The van der Waals surface area contributed by atoms with Crippen LogP contribution in [0.5, 0.6) is 0 Å². The highest BCUT2D eigenvalue weighted by Gasteiger charge is 2.56. The quantitative estimate of drug-likeness (QED) is 0.184. The van der Waals surface area contributed by atoms with Crippen molar-refractivity contribution in [3.05, 3.63) is 65.5 Å². The van der Waals surface area contributed by atoms with Crippen LogP contribution >= 0.6 is 0 Å². The number of anilines is 3. The van der Waals surface area contributed by atoms with Gasteiger partial charge in [0.1, 0.15) is 11.1 Å². The Hall–Kier alpha value is -4.97. The Balaban J connectivity index is 1.17. The maximum Gasteiger partial charge on any atom is 0.410 e. The first kappa shape index (κ1) is 38.9. The lowest BCUT2D eigenvalue weighted by Crippen LogP contribution is -2.58. The number of ether oxygens (including phenoxy) is 1. The average Bonchev–Trinajstić information content (AvgIpc) is 3.71. The number of piperidine rings is 2. The summed E-state index contributed by atoms with van der Waals surface area (Å²) in [4.78, 5) is 57.4. The van der Waals surface area contributed by atoms with Crippen LogP contribution in [0.15, 0.2) is 48.8 Å². The highest BCUT2D eigenvalue weighted by Crippen LogP contribution is 2.52. The summed E-state index contributed by atoms with van der Waals surface area (Å²) in [6, 6.07) is 15.0. The molecule has 2 saturated heterocycles. The zero-order valence-corrected chi connectivity index (χ0v) is 34.7. The molecule has 57 heavy (non-hydrogen) atoms. The zero-order valence-electron chi connectivity index (χ0n) is 34.7. The maximum absolute atomic E-state index is 15.0. The second-order valence-corrected chi connectivity index (χ2v) is 17.7. The summed E-state index contributed by atoms with van der Waals surface area (Å²) in [6.07, 6.45) is 9.31. The van der Waals surface area contributed by atoms with Crippen LogP contribution in [0.4, 0.5) is 22.0 Å². The van der Waals surface area contributed by atoms with E-state index in [0.29, 0.717) is 43.4 Å². The van der Waals surface area contributed by atoms with Crippen molar-refractivity contribution >= 4 is 46.1 Å². The van der Waals surface area contributed by atoms with Crippen LogP contribution in [0.3, 0.4) is 0 Å². The molecule has 8 rings (SSSR count). The number of aryl methyl sites for hydroxylation is 1. The fraction of sp³-hybridized carbons (Fsp3) is 0.533. The van der Waals surface area contributed by atoms with Crippen molar-refractivity contribution in [2.24, 2.45) is 0 Å². The van der Waals surface area contributed by atoms with Crippen LogP contribution in [0.2, 0.25) is 0 Å². The van der Waals surface area contributed by atoms with Gasteiger partial charge in [-0.25, -0.2) is 14.8 Å². The number of hydrogen-bond donors (Lipinski definition) is 2. The number of imidazole rings is 1. The second-order valence-electron chi connectivity index (χ2n) is 17.7. The summed E-state index contributed by atoms with van der Waals surface area (Å²) < 4.78 is 7.88. The summed E-state index contributed by atoms with van der Waals surface area (Å²) in [7, 11) is 1.64. The molecule has 1 saturated carbocycles. The topological polar surface area (TPSA) is 125 Å². The molecule has 0 unspecified atom stereocenters. The standard InChI is InChI=1S/C45H58N8O4/c1-8-29(3)52-27-47-37-26-36(49-40(39(37)52)48-31-14-12-28(2)34(23-31)41(54)46-7)30-13-15-35-38(22-30)53(33-24-32(25-33)50-18-10-9-11-19-50)42(55)45(35)16-20-51(21-17-45)43(56)57-44(4,5)6/h12-15,22-23,26-27,29,32-33H,8-11,16-21,24-25H2,1-7H3,(H,46,54)(H,48,49)/t29-,32-,33+/m0/s1. The van der Waals surface area contributed by atoms with Gasteiger partial charge < -0.3 is 34.6 Å². The Labute approximate surface area is 336 Å². The molecular formula is C45H58N8O4. The number of nitrogens with one attached hydrogen (secondary N) is 2. The van der Waals surface area contributed by atoms with Crippen LogP contribution in [-0.4, -0.2) is 93.2 Å². The summed E-state index contributed by atoms with van der Waals surface area (Å²) in [5.74, 6) is 0.659. The molecule has 302 valence electrons. The molecule has 1 aliphatic carbocycles. The minimum Gasteiger partial charge on any atom is -0.444 e. The van der Waals surface area contributed by atoms with E-state index >= 15 is 0 Å². The molecule has 12 heteroatoms. The smallest absolute Gasteiger partial charge is 0.410 e. The highest BCUT2D eigenvalue weighted by atomic mass is 16.6. The minimum atomic E-state index is -0.699. The van der Waals surface area contributed by atoms with Crippen LogP contribution in [0.25, 0.3) is 22.3 Å². The van der Waals surface area contributed by atoms with Crippen LogP contribution in [-0.2, 0) is 14.9 Å². The Morgan fingerprint density at radius 2 is 1.72 bits per heavy atom. The number of nitrogens with zero attached hydrogens (tertiary/aromatic N) is 6. The van der Waals surface area contributed by atoms with E-state index in [4.69, 9.17) is 14.7 Å². The van der Waals surface area contributed by atoms with Crippen molar-refractivity contribution in [2.75, 3.05) is 43.4 Å². The molecule has 2 aromatic carbocycles. The lowest BCUT2D eigenvalue weighted by Gasteiger charge is -2.48. The molecule has 1 spiro atoms. The number of aromatic nitrogens is 3. The van der Waals surface area contributed by atoms with Gasteiger partial charge in [-0.1, -0.05) is 31.5 Å². The molecule has 0 bridgehead atoms. The van der Waals surface area contributed by atoms with Crippen LogP contribution in [0.1, 0.15) is 114 Å². The summed E-state index contributed by atoms with van der Waals surface area (Å²) in [6.45, 7) is 15.1. The molecule has 1 atom stereocenters. The molecule has 4 aromatic rings. The lowest BCUT2D eigenvalue weighted by atomic mass is 9.73. The number of likely N-dealkylation sites (tertiary alicyclic amines) is 2. The number of pyridine rings is 1. The number of amides is 3. The van der Waals surface area contributed by atoms with Gasteiger partial charge in [0.2, 0.25) is 5.91 Å². The van der Waals surface area contributed by atoms with Crippen LogP contribution < -0.4 is 15.5 Å². The third-order valence-electron chi connectivity index (χ3n) is 12.9. The zero-order chi connectivity index (χ0) is 40.2. The molecule has 3 fully saturated rings. The van der Waals surface area contributed by atoms with Gasteiger partial charge in [-0.3, -0.25) is 9.59 Å². The van der Waals surface area contributed by atoms with E-state index in [1.54, 1.807) is 11.9 Å². The number of carbonyl (C=O) groups is 3. The first-order chi connectivity index (χ1) is 27.3. The number of hydrogen-bond acceptors (Lipinski definition) is 8. The van der Waals surface area contributed by atoms with Crippen molar-refractivity contribution in [3.8, 4) is 11.3 Å². The largest absolute Gasteiger partial charge is 0.444 e. The fourth-order valence-corrected chi connectivity index (χ4v) is 9.39. The summed E-state index contributed by atoms with van der Waals surface area (Å²) in [5, 5.41) is 6.31. The van der Waals surface area contributed by atoms with E-state index in [2.05, 4.69) is 57.0 Å². The van der Waals surface area contributed by atoms with E-state index in [-0.39, 0.29) is 30.0 Å². The third kappa shape index (κ3) is 7.15. The van der Waals surface area contributed by atoms with Gasteiger partial charge in [-0.15, -0.1) is 0 Å². The minimum absolute atomic E-state index is 0.122. The van der Waals surface area contributed by atoms with E-state index in [1.165, 1.54) is 19.3 Å². The third-order valence-corrected chi connectivity index (χ3v) is 12.9. The molecule has 2 aromatic heterocycles. The molecule has 12 nitrogen and oxygen atoms in total. The van der Waals surface area contributed by atoms with Gasteiger partial charge in [0.05, 0.1) is 23.0 Å². The van der Waals surface area contributed by atoms with E-state index in [1.807, 2.05) is 58.3 Å². The first-order valence-electron chi connectivity index (χ1n) is 21.0. The maximum atomic E-state index is 15.0. The molecule has 3 amide bonds. The van der Waals surface area contributed by atoms with Gasteiger partial charge in [0.25, 0.3) is 5.91 Å². The average molecular weight is 775 g/mol. The summed E-state index contributed by atoms with van der Waals surface area (Å²) in [5.41, 5.74) is 6.30. The van der Waals surface area contributed by atoms with E-state index < -0.39 is 11.0 Å². The molecule has 5 heterocycles. The lowest BCUT2D eigenvalue weighted by molar-refractivity contribution is -0.126. The number of carbonyl (C=O) groups excluding carboxylic acids is 3.